The van der Waals surface area contributed by atoms with Crippen LogP contribution in [0.5, 0.6) is 0 Å². The Kier molecular flexibility index (Phi) is 4.32. The van der Waals surface area contributed by atoms with Crippen LogP contribution in [0.3, 0.4) is 0 Å². The fourth-order valence-corrected chi connectivity index (χ4v) is 1.37. The highest BCUT2D eigenvalue weighted by Crippen LogP contribution is 2.22. The van der Waals surface area contributed by atoms with Crippen LogP contribution in [0, 0.1) is 5.92 Å². The minimum absolute atomic E-state index is 0. The van der Waals surface area contributed by atoms with Gasteiger partial charge in [-0.25, -0.2) is 0 Å². The predicted molar refractivity (Wildman–Crippen MR) is 45.7 cm³/mol. The minimum Gasteiger partial charge on any atom is -0.366 e. The van der Waals surface area contributed by atoms with Gasteiger partial charge < -0.3 is 15.5 Å². The highest BCUT2D eigenvalue weighted by molar-refractivity contribution is 5.85. The molecule has 1 aliphatic rings. The molecule has 0 spiro atoms. The minimum atomic E-state index is -1.47. The van der Waals surface area contributed by atoms with Gasteiger partial charge >= 0.3 is 0 Å². The molecule has 0 bridgehead atoms. The van der Waals surface area contributed by atoms with Crippen LogP contribution in [-0.2, 0) is 0 Å². The summed E-state index contributed by atoms with van der Waals surface area (Å²) < 4.78 is 0. The predicted octanol–water partition coefficient (Wildman–Crippen LogP) is 0.109. The van der Waals surface area contributed by atoms with Crippen molar-refractivity contribution in [2.75, 3.05) is 13.1 Å². The first kappa shape index (κ1) is 11.2. The molecule has 3 N–H and O–H groups in total. The molecule has 0 unspecified atom stereocenters. The second kappa shape index (κ2) is 4.26. The third-order valence-electron chi connectivity index (χ3n) is 2.11. The smallest absolute Gasteiger partial charge is 0.162 e. The molecule has 11 heavy (non-hydrogen) atoms. The SMILES string of the molecule is CC(O)(O)C1CCNCC1.Cl. The molecule has 0 atom stereocenters. The normalized spacial score (nSPS) is 21.0. The number of halogens is 1. The zero-order valence-corrected chi connectivity index (χ0v) is 7.52. The summed E-state index contributed by atoms with van der Waals surface area (Å²) in [5.41, 5.74) is 0. The van der Waals surface area contributed by atoms with Gasteiger partial charge in [0, 0.05) is 5.92 Å². The number of piperidine rings is 1. The van der Waals surface area contributed by atoms with Gasteiger partial charge in [0.25, 0.3) is 0 Å². The molecule has 0 saturated carbocycles. The average Bonchev–Trinajstić information content (AvgIpc) is 1.88. The van der Waals surface area contributed by atoms with Gasteiger partial charge in [-0.05, 0) is 32.9 Å². The molecule has 3 nitrogen and oxygen atoms in total. The molecule has 1 aliphatic heterocycles. The van der Waals surface area contributed by atoms with Gasteiger partial charge in [0.1, 0.15) is 0 Å². The fourth-order valence-electron chi connectivity index (χ4n) is 1.37. The zero-order chi connectivity index (χ0) is 7.61. The molecule has 0 radical (unpaired) electrons. The Morgan fingerprint density at radius 1 is 1.27 bits per heavy atom. The molecule has 0 aromatic heterocycles. The van der Waals surface area contributed by atoms with Crippen LogP contribution in [0.1, 0.15) is 19.8 Å². The first-order chi connectivity index (χ1) is 4.61. The highest BCUT2D eigenvalue weighted by atomic mass is 35.5. The third-order valence-corrected chi connectivity index (χ3v) is 2.11. The topological polar surface area (TPSA) is 52.5 Å². The molecule has 0 aromatic rings. The molecular weight excluding hydrogens is 166 g/mol. The lowest BCUT2D eigenvalue weighted by Gasteiger charge is -2.31. The maximum absolute atomic E-state index is 9.17. The van der Waals surface area contributed by atoms with Gasteiger partial charge in [-0.1, -0.05) is 0 Å². The van der Waals surface area contributed by atoms with Gasteiger partial charge in [-0.15, -0.1) is 12.4 Å². The molecule has 68 valence electrons. The summed E-state index contributed by atoms with van der Waals surface area (Å²) in [5.74, 6) is -1.42. The highest BCUT2D eigenvalue weighted by Gasteiger charge is 2.29. The lowest BCUT2D eigenvalue weighted by atomic mass is 9.90. The van der Waals surface area contributed by atoms with Crippen LogP contribution in [0.25, 0.3) is 0 Å². The van der Waals surface area contributed by atoms with Crippen molar-refractivity contribution in [2.45, 2.75) is 25.6 Å². The summed E-state index contributed by atoms with van der Waals surface area (Å²) >= 11 is 0. The lowest BCUT2D eigenvalue weighted by Crippen LogP contribution is -2.41. The van der Waals surface area contributed by atoms with E-state index in [1.807, 2.05) is 0 Å². The van der Waals surface area contributed by atoms with E-state index in [0.717, 1.165) is 25.9 Å². The first-order valence-electron chi connectivity index (χ1n) is 3.76. The summed E-state index contributed by atoms with van der Waals surface area (Å²) in [7, 11) is 0. The van der Waals surface area contributed by atoms with Crippen LogP contribution in [0.15, 0.2) is 0 Å². The number of rotatable bonds is 1. The largest absolute Gasteiger partial charge is 0.366 e. The van der Waals surface area contributed by atoms with Crippen molar-refractivity contribution in [1.29, 1.82) is 0 Å². The van der Waals surface area contributed by atoms with E-state index in [9.17, 15) is 10.2 Å². The van der Waals surface area contributed by atoms with Crippen LogP contribution in [0.2, 0.25) is 0 Å². The molecule has 0 aromatic carbocycles. The quantitative estimate of drug-likeness (QED) is 0.504. The van der Waals surface area contributed by atoms with Crippen molar-refractivity contribution in [3.05, 3.63) is 0 Å². The van der Waals surface area contributed by atoms with Crippen LogP contribution < -0.4 is 5.32 Å². The van der Waals surface area contributed by atoms with Gasteiger partial charge in [-0.2, -0.15) is 0 Å². The number of nitrogens with one attached hydrogen (secondary N) is 1. The van der Waals surface area contributed by atoms with Crippen LogP contribution >= 0.6 is 12.4 Å². The third kappa shape index (κ3) is 3.38. The second-order valence-electron chi connectivity index (χ2n) is 3.12. The van der Waals surface area contributed by atoms with Crippen molar-refractivity contribution in [3.63, 3.8) is 0 Å². The average molecular weight is 182 g/mol. The Labute approximate surface area is 73.2 Å². The van der Waals surface area contributed by atoms with E-state index < -0.39 is 5.79 Å². The summed E-state index contributed by atoms with van der Waals surface area (Å²) in [6, 6.07) is 0. The van der Waals surface area contributed by atoms with Crippen molar-refractivity contribution in [1.82, 2.24) is 5.32 Å². The van der Waals surface area contributed by atoms with Crippen molar-refractivity contribution in [3.8, 4) is 0 Å². The number of aliphatic hydroxyl groups is 2. The number of hydrogen-bond acceptors (Lipinski definition) is 3. The Balaban J connectivity index is 0.000001000. The molecule has 1 heterocycles. The van der Waals surface area contributed by atoms with Crippen molar-refractivity contribution < 1.29 is 10.2 Å². The summed E-state index contributed by atoms with van der Waals surface area (Å²) in [5, 5.41) is 21.5. The molecule has 0 amide bonds. The van der Waals surface area contributed by atoms with E-state index in [-0.39, 0.29) is 18.3 Å². The van der Waals surface area contributed by atoms with Gasteiger partial charge in [0.15, 0.2) is 5.79 Å². The van der Waals surface area contributed by atoms with E-state index >= 15 is 0 Å². The van der Waals surface area contributed by atoms with Crippen molar-refractivity contribution in [2.24, 2.45) is 5.92 Å². The van der Waals surface area contributed by atoms with Gasteiger partial charge in [-0.3, -0.25) is 0 Å². The molecule has 4 heteroatoms. The summed E-state index contributed by atoms with van der Waals surface area (Å²) in [4.78, 5) is 0. The monoisotopic (exact) mass is 181 g/mol. The molecule has 1 saturated heterocycles. The fraction of sp³-hybridized carbons (Fsp3) is 1.00. The van der Waals surface area contributed by atoms with Crippen LogP contribution in [-0.4, -0.2) is 29.1 Å². The summed E-state index contributed by atoms with van der Waals surface area (Å²) in [6.45, 7) is 3.27. The van der Waals surface area contributed by atoms with E-state index in [4.69, 9.17) is 0 Å². The Morgan fingerprint density at radius 3 is 2.00 bits per heavy atom. The van der Waals surface area contributed by atoms with E-state index in [1.165, 1.54) is 6.92 Å². The Morgan fingerprint density at radius 2 is 1.73 bits per heavy atom. The molecular formula is C7H16ClNO2. The Bertz CT molecular complexity index is 107. The maximum atomic E-state index is 9.17. The van der Waals surface area contributed by atoms with E-state index in [1.54, 1.807) is 0 Å². The van der Waals surface area contributed by atoms with E-state index in [0.29, 0.717) is 0 Å². The standard InChI is InChI=1S/C7H15NO2.ClH/c1-7(9,10)6-2-4-8-5-3-6;/h6,8-10H,2-5H2,1H3;1H. The van der Waals surface area contributed by atoms with Crippen LogP contribution in [0.4, 0.5) is 0 Å². The first-order valence-corrected chi connectivity index (χ1v) is 3.76. The molecule has 1 fully saturated rings. The zero-order valence-electron chi connectivity index (χ0n) is 6.71. The summed E-state index contributed by atoms with van der Waals surface area (Å²) in [6.07, 6.45) is 1.73. The lowest BCUT2D eigenvalue weighted by molar-refractivity contribution is -0.190. The molecule has 1 rings (SSSR count). The van der Waals surface area contributed by atoms with Gasteiger partial charge in [0.05, 0.1) is 0 Å². The maximum Gasteiger partial charge on any atom is 0.162 e. The molecule has 0 aliphatic carbocycles. The number of hydrogen-bond donors (Lipinski definition) is 3. The van der Waals surface area contributed by atoms with Gasteiger partial charge in [0.2, 0.25) is 0 Å². The Hall–Kier alpha value is 0.170. The van der Waals surface area contributed by atoms with E-state index in [2.05, 4.69) is 5.32 Å². The second-order valence-corrected chi connectivity index (χ2v) is 3.12. The van der Waals surface area contributed by atoms with Crippen molar-refractivity contribution >= 4 is 12.4 Å².